The molecule has 0 saturated carbocycles. The largest absolute Gasteiger partial charge is 0.393 e. The van der Waals surface area contributed by atoms with Crippen LogP contribution in [0.2, 0.25) is 0 Å². The Balaban J connectivity index is 1.73. The van der Waals surface area contributed by atoms with Crippen molar-refractivity contribution in [3.63, 3.8) is 0 Å². The second-order valence-electron chi connectivity index (χ2n) is 6.42. The van der Waals surface area contributed by atoms with Crippen LogP contribution in [-0.2, 0) is 0 Å². The molecule has 0 amide bonds. The summed E-state index contributed by atoms with van der Waals surface area (Å²) in [4.78, 5) is 7.62. The first-order valence-electron chi connectivity index (χ1n) is 7.98. The Morgan fingerprint density at radius 3 is 2.47 bits per heavy atom. The van der Waals surface area contributed by atoms with Crippen molar-refractivity contribution < 1.29 is 5.11 Å². The minimum absolute atomic E-state index is 0.158. The van der Waals surface area contributed by atoms with Gasteiger partial charge in [-0.15, -0.1) is 0 Å². The quantitative estimate of drug-likeness (QED) is 0.802. The topological polar surface area (TPSA) is 30.0 Å². The highest BCUT2D eigenvalue weighted by Gasteiger charge is 2.24. The molecular weight excluding hydrogens is 238 g/mol. The molecule has 112 valence electrons. The maximum atomic E-state index is 9.63. The summed E-state index contributed by atoms with van der Waals surface area (Å²) >= 11 is 0. The van der Waals surface area contributed by atoms with Crippen LogP contribution >= 0.6 is 0 Å². The van der Waals surface area contributed by atoms with Crippen molar-refractivity contribution in [2.45, 2.75) is 44.8 Å². The molecule has 0 aliphatic carbocycles. The SMILES string of the molecule is CC(O)CC1CCCCN1CCN1CCN(C)CC1. The molecule has 2 heterocycles. The number of likely N-dealkylation sites (N-methyl/N-ethyl adjacent to an activating group) is 1. The van der Waals surface area contributed by atoms with Crippen molar-refractivity contribution in [2.75, 3.05) is 52.9 Å². The van der Waals surface area contributed by atoms with Gasteiger partial charge in [0.2, 0.25) is 0 Å². The molecule has 2 rings (SSSR count). The standard InChI is InChI=1S/C15H31N3O/c1-14(19)13-15-5-3-4-6-18(15)12-11-17-9-7-16(2)8-10-17/h14-15,19H,3-13H2,1-2H3. The van der Waals surface area contributed by atoms with Gasteiger partial charge in [-0.05, 0) is 39.8 Å². The van der Waals surface area contributed by atoms with Crippen molar-refractivity contribution in [3.05, 3.63) is 0 Å². The van der Waals surface area contributed by atoms with Gasteiger partial charge in [0.15, 0.2) is 0 Å². The first-order chi connectivity index (χ1) is 9.15. The van der Waals surface area contributed by atoms with E-state index in [1.54, 1.807) is 0 Å². The van der Waals surface area contributed by atoms with E-state index in [1.807, 2.05) is 6.92 Å². The van der Waals surface area contributed by atoms with Crippen LogP contribution in [0, 0.1) is 0 Å². The third-order valence-corrected chi connectivity index (χ3v) is 4.66. The van der Waals surface area contributed by atoms with E-state index in [0.29, 0.717) is 6.04 Å². The summed E-state index contributed by atoms with van der Waals surface area (Å²) in [5, 5.41) is 9.63. The maximum Gasteiger partial charge on any atom is 0.0527 e. The minimum Gasteiger partial charge on any atom is -0.393 e. The van der Waals surface area contributed by atoms with Crippen LogP contribution in [0.3, 0.4) is 0 Å². The van der Waals surface area contributed by atoms with E-state index in [9.17, 15) is 5.11 Å². The highest BCUT2D eigenvalue weighted by Crippen LogP contribution is 2.20. The summed E-state index contributed by atoms with van der Waals surface area (Å²) in [7, 11) is 2.21. The molecule has 0 aromatic carbocycles. The lowest BCUT2D eigenvalue weighted by Crippen LogP contribution is -2.49. The molecule has 0 aromatic heterocycles. The molecule has 0 aromatic rings. The number of likely N-dealkylation sites (tertiary alicyclic amines) is 1. The molecule has 0 radical (unpaired) electrons. The average molecular weight is 269 g/mol. The van der Waals surface area contributed by atoms with Crippen molar-refractivity contribution in [3.8, 4) is 0 Å². The smallest absolute Gasteiger partial charge is 0.0527 e. The highest BCUT2D eigenvalue weighted by atomic mass is 16.3. The number of piperidine rings is 1. The van der Waals surface area contributed by atoms with Crippen molar-refractivity contribution in [1.29, 1.82) is 0 Å². The zero-order chi connectivity index (χ0) is 13.7. The van der Waals surface area contributed by atoms with Gasteiger partial charge in [0.25, 0.3) is 0 Å². The molecule has 1 N–H and O–H groups in total. The Morgan fingerprint density at radius 2 is 1.79 bits per heavy atom. The van der Waals surface area contributed by atoms with Gasteiger partial charge in [0, 0.05) is 45.3 Å². The predicted octanol–water partition coefficient (Wildman–Crippen LogP) is 0.859. The van der Waals surface area contributed by atoms with Crippen LogP contribution in [-0.4, -0.2) is 84.8 Å². The first-order valence-corrected chi connectivity index (χ1v) is 7.98. The van der Waals surface area contributed by atoms with Crippen LogP contribution in [0.25, 0.3) is 0 Å². The number of rotatable bonds is 5. The lowest BCUT2D eigenvalue weighted by Gasteiger charge is -2.39. The Bertz CT molecular complexity index is 252. The van der Waals surface area contributed by atoms with Crippen LogP contribution in [0.5, 0.6) is 0 Å². The summed E-state index contributed by atoms with van der Waals surface area (Å²) in [6, 6.07) is 0.612. The fourth-order valence-electron chi connectivity index (χ4n) is 3.36. The van der Waals surface area contributed by atoms with E-state index in [0.717, 1.165) is 6.42 Å². The van der Waals surface area contributed by atoms with E-state index in [-0.39, 0.29) is 6.10 Å². The number of piperazine rings is 1. The first kappa shape index (κ1) is 15.2. The molecule has 2 unspecified atom stereocenters. The number of hydrogen-bond donors (Lipinski definition) is 1. The van der Waals surface area contributed by atoms with Crippen molar-refractivity contribution >= 4 is 0 Å². The molecule has 4 nitrogen and oxygen atoms in total. The molecular formula is C15H31N3O. The Kier molecular flexibility index (Phi) is 6.07. The molecule has 2 fully saturated rings. The van der Waals surface area contributed by atoms with Gasteiger partial charge in [0.05, 0.1) is 6.10 Å². The molecule has 2 atom stereocenters. The Labute approximate surface area is 118 Å². The van der Waals surface area contributed by atoms with E-state index >= 15 is 0 Å². The van der Waals surface area contributed by atoms with E-state index < -0.39 is 0 Å². The zero-order valence-electron chi connectivity index (χ0n) is 12.7. The molecule has 4 heteroatoms. The molecule has 19 heavy (non-hydrogen) atoms. The monoisotopic (exact) mass is 269 g/mol. The average Bonchev–Trinajstić information content (AvgIpc) is 2.39. The summed E-state index contributed by atoms with van der Waals surface area (Å²) in [6.07, 6.45) is 4.73. The van der Waals surface area contributed by atoms with Crippen LogP contribution in [0.4, 0.5) is 0 Å². The van der Waals surface area contributed by atoms with Crippen molar-refractivity contribution in [2.24, 2.45) is 0 Å². The van der Waals surface area contributed by atoms with Crippen molar-refractivity contribution in [1.82, 2.24) is 14.7 Å². The van der Waals surface area contributed by atoms with Crippen LogP contribution in [0.1, 0.15) is 32.6 Å². The Hall–Kier alpha value is -0.160. The number of nitrogens with zero attached hydrogens (tertiary/aromatic N) is 3. The highest BCUT2D eigenvalue weighted by molar-refractivity contribution is 4.80. The minimum atomic E-state index is -0.158. The van der Waals surface area contributed by atoms with Gasteiger partial charge in [-0.1, -0.05) is 6.42 Å². The van der Waals surface area contributed by atoms with E-state index in [1.165, 1.54) is 65.1 Å². The summed E-state index contributed by atoms with van der Waals surface area (Å²) in [5.41, 5.74) is 0. The fourth-order valence-corrected chi connectivity index (χ4v) is 3.36. The third kappa shape index (κ3) is 5.03. The molecule has 0 bridgehead atoms. The van der Waals surface area contributed by atoms with Gasteiger partial charge in [0.1, 0.15) is 0 Å². The van der Waals surface area contributed by atoms with Gasteiger partial charge in [-0.2, -0.15) is 0 Å². The summed E-state index contributed by atoms with van der Waals surface area (Å²) < 4.78 is 0. The molecule has 2 saturated heterocycles. The molecule has 0 spiro atoms. The maximum absolute atomic E-state index is 9.63. The Morgan fingerprint density at radius 1 is 1.05 bits per heavy atom. The van der Waals surface area contributed by atoms with Gasteiger partial charge >= 0.3 is 0 Å². The van der Waals surface area contributed by atoms with E-state index in [4.69, 9.17) is 0 Å². The molecule has 2 aliphatic heterocycles. The second-order valence-corrected chi connectivity index (χ2v) is 6.42. The number of aliphatic hydroxyl groups is 1. The zero-order valence-corrected chi connectivity index (χ0v) is 12.7. The van der Waals surface area contributed by atoms with Gasteiger partial charge < -0.3 is 10.0 Å². The third-order valence-electron chi connectivity index (χ3n) is 4.66. The number of hydrogen-bond acceptors (Lipinski definition) is 4. The lowest BCUT2D eigenvalue weighted by molar-refractivity contribution is 0.0701. The van der Waals surface area contributed by atoms with Gasteiger partial charge in [-0.25, -0.2) is 0 Å². The number of aliphatic hydroxyl groups excluding tert-OH is 1. The molecule has 2 aliphatic rings. The van der Waals surface area contributed by atoms with Crippen LogP contribution < -0.4 is 0 Å². The van der Waals surface area contributed by atoms with Crippen LogP contribution in [0.15, 0.2) is 0 Å². The summed E-state index contributed by atoms with van der Waals surface area (Å²) in [5.74, 6) is 0. The van der Waals surface area contributed by atoms with Gasteiger partial charge in [-0.3, -0.25) is 9.80 Å². The fraction of sp³-hybridized carbons (Fsp3) is 1.00. The normalized spacial score (nSPS) is 29.5. The van der Waals surface area contributed by atoms with E-state index in [2.05, 4.69) is 21.7 Å². The second kappa shape index (κ2) is 7.58. The lowest BCUT2D eigenvalue weighted by atomic mass is 9.97. The summed E-state index contributed by atoms with van der Waals surface area (Å²) in [6.45, 7) is 10.4. The predicted molar refractivity (Wildman–Crippen MR) is 79.4 cm³/mol.